The summed E-state index contributed by atoms with van der Waals surface area (Å²) in [5.41, 5.74) is 2.84. The third kappa shape index (κ3) is 1.32. The van der Waals surface area contributed by atoms with E-state index in [2.05, 4.69) is 64.8 Å². The molecule has 0 unspecified atom stereocenters. The Morgan fingerprint density at radius 2 is 1.61 bits per heavy atom. The normalized spacial score (nSPS) is 31.9. The zero-order valence-corrected chi connectivity index (χ0v) is 13.9. The Hall–Kier alpha value is -0.320. The van der Waals surface area contributed by atoms with E-state index in [1.54, 1.807) is 7.11 Å². The molecule has 0 aliphatic carbocycles. The Labute approximate surface area is 124 Å². The van der Waals surface area contributed by atoms with E-state index in [1.807, 2.05) is 0 Å². The first-order valence-corrected chi connectivity index (χ1v) is 7.40. The van der Waals surface area contributed by atoms with Gasteiger partial charge >= 0.3 is 0 Å². The van der Waals surface area contributed by atoms with E-state index in [0.717, 1.165) is 20.3 Å². The van der Waals surface area contributed by atoms with Gasteiger partial charge in [-0.1, -0.05) is 0 Å². The summed E-state index contributed by atoms with van der Waals surface area (Å²) in [5.74, 6) is 0.859. The quantitative estimate of drug-likeness (QED) is 0.672. The Morgan fingerprint density at radius 3 is 2.17 bits per heavy atom. The molecular formula is C14H14Br2O2. The average molecular weight is 374 g/mol. The molecular weight excluding hydrogens is 360 g/mol. The number of benzene rings is 1. The highest BCUT2D eigenvalue weighted by Gasteiger charge is 2.54. The van der Waals surface area contributed by atoms with Gasteiger partial charge in [0.2, 0.25) is 0 Å². The molecule has 0 fully saturated rings. The van der Waals surface area contributed by atoms with Crippen molar-refractivity contribution in [1.29, 1.82) is 0 Å². The summed E-state index contributed by atoms with van der Waals surface area (Å²) in [6.07, 6.45) is 4.26. The first-order chi connectivity index (χ1) is 8.34. The van der Waals surface area contributed by atoms with Crippen molar-refractivity contribution in [2.45, 2.75) is 32.0 Å². The molecule has 0 aromatic heterocycles. The van der Waals surface area contributed by atoms with Crippen LogP contribution in [0.1, 0.15) is 30.5 Å². The van der Waals surface area contributed by atoms with Crippen molar-refractivity contribution in [2.75, 3.05) is 7.11 Å². The second-order valence-electron chi connectivity index (χ2n) is 5.19. The van der Waals surface area contributed by atoms with Gasteiger partial charge in [-0.2, -0.15) is 0 Å². The number of hydrogen-bond donors (Lipinski definition) is 0. The highest BCUT2D eigenvalue weighted by Crippen LogP contribution is 2.60. The lowest BCUT2D eigenvalue weighted by Gasteiger charge is -2.24. The molecule has 2 bridgehead atoms. The lowest BCUT2D eigenvalue weighted by molar-refractivity contribution is -0.0501. The number of fused-ring (bicyclic) bond motifs is 5. The zero-order chi connectivity index (χ0) is 13.3. The summed E-state index contributed by atoms with van der Waals surface area (Å²) >= 11 is 7.24. The van der Waals surface area contributed by atoms with Gasteiger partial charge in [0.25, 0.3) is 0 Å². The molecule has 18 heavy (non-hydrogen) atoms. The zero-order valence-electron chi connectivity index (χ0n) is 10.7. The molecule has 0 saturated heterocycles. The predicted octanol–water partition coefficient (Wildman–Crippen LogP) is 4.56. The van der Waals surface area contributed by atoms with Gasteiger partial charge in [-0.15, -0.1) is 0 Å². The van der Waals surface area contributed by atoms with Crippen molar-refractivity contribution >= 4 is 31.9 Å². The molecule has 0 amide bonds. The molecule has 3 rings (SSSR count). The molecule has 0 spiro atoms. The van der Waals surface area contributed by atoms with Gasteiger partial charge in [-0.05, 0) is 70.3 Å². The van der Waals surface area contributed by atoms with Crippen LogP contribution in [-0.4, -0.2) is 7.11 Å². The van der Waals surface area contributed by atoms with E-state index in [0.29, 0.717) is 0 Å². The van der Waals surface area contributed by atoms with Crippen LogP contribution in [0.2, 0.25) is 0 Å². The van der Waals surface area contributed by atoms with Crippen LogP contribution in [-0.2, 0) is 15.9 Å². The van der Waals surface area contributed by atoms with Gasteiger partial charge in [-0.25, -0.2) is 0 Å². The van der Waals surface area contributed by atoms with Crippen molar-refractivity contribution in [3.8, 4) is 5.75 Å². The lowest BCUT2D eigenvalue weighted by Crippen LogP contribution is -2.17. The van der Waals surface area contributed by atoms with Crippen molar-refractivity contribution in [1.82, 2.24) is 0 Å². The molecule has 0 N–H and O–H groups in total. The van der Waals surface area contributed by atoms with E-state index in [9.17, 15) is 0 Å². The van der Waals surface area contributed by atoms with Crippen LogP contribution in [0.25, 0.3) is 0 Å². The molecule has 2 atom stereocenters. The minimum atomic E-state index is -0.386. The average Bonchev–Trinajstić information content (AvgIpc) is 2.74. The summed E-state index contributed by atoms with van der Waals surface area (Å²) < 4.78 is 13.8. The van der Waals surface area contributed by atoms with Gasteiger partial charge in [0, 0.05) is 15.6 Å². The fraction of sp³-hybridized carbons (Fsp3) is 0.429. The van der Waals surface area contributed by atoms with Crippen LogP contribution in [0.4, 0.5) is 0 Å². The molecule has 1 aromatic carbocycles. The molecule has 96 valence electrons. The first kappa shape index (κ1) is 12.7. The maximum absolute atomic E-state index is 6.22. The van der Waals surface area contributed by atoms with E-state index >= 15 is 0 Å². The van der Waals surface area contributed by atoms with Crippen LogP contribution in [0.3, 0.4) is 0 Å². The van der Waals surface area contributed by atoms with E-state index in [4.69, 9.17) is 9.47 Å². The summed E-state index contributed by atoms with van der Waals surface area (Å²) in [5, 5.41) is 0. The number of halogens is 2. The summed E-state index contributed by atoms with van der Waals surface area (Å²) in [4.78, 5) is 0. The highest BCUT2D eigenvalue weighted by molar-refractivity contribution is 9.13. The largest absolute Gasteiger partial charge is 0.495 e. The Bertz CT molecular complexity index is 594. The van der Waals surface area contributed by atoms with Crippen molar-refractivity contribution in [3.05, 3.63) is 37.8 Å². The smallest absolute Gasteiger partial charge is 0.141 e. The maximum atomic E-state index is 6.22. The van der Waals surface area contributed by atoms with E-state index < -0.39 is 0 Å². The molecule has 0 saturated carbocycles. The molecule has 1 aromatic rings. The van der Waals surface area contributed by atoms with Gasteiger partial charge in [0.1, 0.15) is 17.0 Å². The van der Waals surface area contributed by atoms with Crippen molar-refractivity contribution in [3.63, 3.8) is 0 Å². The predicted molar refractivity (Wildman–Crippen MR) is 78.1 cm³/mol. The van der Waals surface area contributed by atoms with Crippen LogP contribution in [0.5, 0.6) is 5.75 Å². The van der Waals surface area contributed by atoms with Crippen LogP contribution >= 0.6 is 31.9 Å². The minimum Gasteiger partial charge on any atom is -0.495 e. The minimum absolute atomic E-state index is 0.343. The number of ether oxygens (including phenoxy) is 2. The maximum Gasteiger partial charge on any atom is 0.141 e. The molecule has 2 aliphatic rings. The summed E-state index contributed by atoms with van der Waals surface area (Å²) in [7, 11) is 1.70. The summed E-state index contributed by atoms with van der Waals surface area (Å²) in [6.45, 7) is 6.30. The molecule has 4 heteroatoms. The Balaban J connectivity index is 2.46. The van der Waals surface area contributed by atoms with Crippen molar-refractivity contribution < 1.29 is 9.47 Å². The number of rotatable bonds is 1. The molecule has 2 aliphatic heterocycles. The van der Waals surface area contributed by atoms with Gasteiger partial charge in [-0.3, -0.25) is 0 Å². The SMILES string of the molecule is COc1c(Br)c(Br)c(C)c2c1[C@]1(C)C=C[C@]2(C)O1. The van der Waals surface area contributed by atoms with Gasteiger partial charge < -0.3 is 9.47 Å². The molecule has 2 heterocycles. The third-order valence-corrected chi connectivity index (χ3v) is 6.19. The Morgan fingerprint density at radius 1 is 1.06 bits per heavy atom. The van der Waals surface area contributed by atoms with Gasteiger partial charge in [0.05, 0.1) is 11.6 Å². The first-order valence-electron chi connectivity index (χ1n) is 5.81. The topological polar surface area (TPSA) is 18.5 Å². The number of hydrogen-bond acceptors (Lipinski definition) is 2. The second-order valence-corrected chi connectivity index (χ2v) is 6.77. The van der Waals surface area contributed by atoms with E-state index in [1.165, 1.54) is 11.1 Å². The van der Waals surface area contributed by atoms with Crippen LogP contribution < -0.4 is 4.74 Å². The standard InChI is InChI=1S/C14H14Br2O2/c1-7-8-9(12(17-4)11(16)10(7)15)14(3)6-5-13(8,2)18-14/h5-6H,1-4H3/t13-,14-/m0/s1. The Kier molecular flexibility index (Phi) is 2.55. The molecule has 2 nitrogen and oxygen atoms in total. The van der Waals surface area contributed by atoms with Crippen LogP contribution in [0, 0.1) is 6.92 Å². The van der Waals surface area contributed by atoms with Gasteiger partial charge in [0.15, 0.2) is 0 Å². The lowest BCUT2D eigenvalue weighted by atomic mass is 9.80. The molecule has 0 radical (unpaired) electrons. The van der Waals surface area contributed by atoms with Crippen LogP contribution in [0.15, 0.2) is 21.1 Å². The van der Waals surface area contributed by atoms with Crippen molar-refractivity contribution in [2.24, 2.45) is 0 Å². The number of methoxy groups -OCH3 is 1. The fourth-order valence-electron chi connectivity index (χ4n) is 3.17. The summed E-state index contributed by atoms with van der Waals surface area (Å²) in [6, 6.07) is 0. The van der Waals surface area contributed by atoms with E-state index in [-0.39, 0.29) is 11.2 Å². The monoisotopic (exact) mass is 372 g/mol. The highest BCUT2D eigenvalue weighted by atomic mass is 79.9. The fourth-order valence-corrected chi connectivity index (χ4v) is 4.20. The second kappa shape index (κ2) is 3.62. The third-order valence-electron chi connectivity index (χ3n) is 3.91.